The van der Waals surface area contributed by atoms with Crippen LogP contribution in [0.1, 0.15) is 30.7 Å². The molecule has 1 aliphatic rings. The topological polar surface area (TPSA) is 47.6 Å². The molecule has 0 saturated carbocycles. The summed E-state index contributed by atoms with van der Waals surface area (Å²) < 4.78 is 0. The summed E-state index contributed by atoms with van der Waals surface area (Å²) in [5.41, 5.74) is 2.62. The minimum absolute atomic E-state index is 0.396. The van der Waals surface area contributed by atoms with Gasteiger partial charge in [0.1, 0.15) is 0 Å². The maximum absolute atomic E-state index is 9.00. The lowest BCUT2D eigenvalue weighted by molar-refractivity contribution is 0.594. The highest BCUT2D eigenvalue weighted by molar-refractivity contribution is 5.41. The van der Waals surface area contributed by atoms with E-state index in [-0.39, 0.29) is 0 Å². The molecule has 1 atom stereocenters. The van der Waals surface area contributed by atoms with Gasteiger partial charge in [-0.1, -0.05) is 30.3 Å². The number of hydrogen-bond donors (Lipinski definition) is 0. The first-order valence-corrected chi connectivity index (χ1v) is 5.42. The van der Waals surface area contributed by atoms with Gasteiger partial charge in [0, 0.05) is 11.1 Å². The zero-order chi connectivity index (χ0) is 11.4. The van der Waals surface area contributed by atoms with Crippen molar-refractivity contribution in [1.82, 2.24) is 0 Å². The molecule has 0 bridgehead atoms. The summed E-state index contributed by atoms with van der Waals surface area (Å²) in [7, 11) is 0. The van der Waals surface area contributed by atoms with Crippen LogP contribution in [0.3, 0.4) is 0 Å². The van der Waals surface area contributed by atoms with Crippen LogP contribution in [0.25, 0.3) is 0 Å². The molecule has 0 heterocycles. The molecule has 0 spiro atoms. The highest BCUT2D eigenvalue weighted by Crippen LogP contribution is 2.35. The van der Waals surface area contributed by atoms with Crippen molar-refractivity contribution in [2.45, 2.75) is 25.2 Å². The van der Waals surface area contributed by atoms with E-state index in [4.69, 9.17) is 10.5 Å². The van der Waals surface area contributed by atoms with E-state index in [2.05, 4.69) is 24.3 Å². The van der Waals surface area contributed by atoms with Gasteiger partial charge in [-0.25, -0.2) is 0 Å². The lowest BCUT2D eigenvalue weighted by Gasteiger charge is -2.21. The number of nitrogens with zero attached hydrogens (tertiary/aromatic N) is 2. The maximum Gasteiger partial charge on any atom is 0.0957 e. The first-order chi connectivity index (χ1) is 7.85. The van der Waals surface area contributed by atoms with Gasteiger partial charge in [0.25, 0.3) is 0 Å². The summed E-state index contributed by atoms with van der Waals surface area (Å²) in [5, 5.41) is 17.9. The van der Waals surface area contributed by atoms with Crippen molar-refractivity contribution in [1.29, 1.82) is 10.5 Å². The van der Waals surface area contributed by atoms with Gasteiger partial charge in [0.05, 0.1) is 12.1 Å². The van der Waals surface area contributed by atoms with Crippen LogP contribution in [0.4, 0.5) is 0 Å². The molecule has 16 heavy (non-hydrogen) atoms. The molecule has 2 nitrogen and oxygen atoms in total. The van der Waals surface area contributed by atoms with Crippen LogP contribution in [0.15, 0.2) is 41.5 Å². The molecular weight excluding hydrogens is 196 g/mol. The van der Waals surface area contributed by atoms with Crippen LogP contribution in [-0.2, 0) is 0 Å². The van der Waals surface area contributed by atoms with Crippen LogP contribution in [-0.4, -0.2) is 0 Å². The third kappa shape index (κ3) is 1.97. The SMILES string of the molecule is N#CC1=C(C#N)CC(c2ccccc2)CC1. The standard InChI is InChI=1S/C14H12N2/c15-9-13-7-6-12(8-14(13)10-16)11-4-2-1-3-5-11/h1-5,12H,6-8H2. The summed E-state index contributed by atoms with van der Waals surface area (Å²) in [6, 6.07) is 14.5. The van der Waals surface area contributed by atoms with E-state index in [1.165, 1.54) is 5.56 Å². The van der Waals surface area contributed by atoms with E-state index < -0.39 is 0 Å². The molecule has 0 amide bonds. The van der Waals surface area contributed by atoms with E-state index in [0.717, 1.165) is 12.8 Å². The summed E-state index contributed by atoms with van der Waals surface area (Å²) in [5.74, 6) is 0.396. The monoisotopic (exact) mass is 208 g/mol. The molecule has 0 N–H and O–H groups in total. The highest BCUT2D eigenvalue weighted by Gasteiger charge is 2.21. The van der Waals surface area contributed by atoms with Crippen molar-refractivity contribution in [3.8, 4) is 12.1 Å². The first kappa shape index (κ1) is 10.5. The molecule has 1 aliphatic carbocycles. The molecule has 1 aromatic carbocycles. The Kier molecular flexibility index (Phi) is 3.03. The Labute approximate surface area is 95.4 Å². The van der Waals surface area contributed by atoms with E-state index >= 15 is 0 Å². The first-order valence-electron chi connectivity index (χ1n) is 5.42. The second-order valence-electron chi connectivity index (χ2n) is 4.03. The highest BCUT2D eigenvalue weighted by atomic mass is 14.3. The largest absolute Gasteiger partial charge is 0.193 e. The lowest BCUT2D eigenvalue weighted by atomic mass is 9.81. The molecule has 0 aromatic heterocycles. The normalized spacial score (nSPS) is 20.0. The molecule has 0 aliphatic heterocycles. The van der Waals surface area contributed by atoms with Crippen LogP contribution < -0.4 is 0 Å². The quantitative estimate of drug-likeness (QED) is 0.710. The minimum Gasteiger partial charge on any atom is -0.193 e. The van der Waals surface area contributed by atoms with Gasteiger partial charge >= 0.3 is 0 Å². The van der Waals surface area contributed by atoms with Gasteiger partial charge in [0.2, 0.25) is 0 Å². The third-order valence-corrected chi connectivity index (χ3v) is 3.10. The van der Waals surface area contributed by atoms with E-state index in [0.29, 0.717) is 23.5 Å². The van der Waals surface area contributed by atoms with E-state index in [9.17, 15) is 0 Å². The summed E-state index contributed by atoms with van der Waals surface area (Å²) in [6.45, 7) is 0. The molecule has 0 radical (unpaired) electrons. The van der Waals surface area contributed by atoms with Gasteiger partial charge < -0.3 is 0 Å². The lowest BCUT2D eigenvalue weighted by Crippen LogP contribution is -2.07. The minimum atomic E-state index is 0.396. The van der Waals surface area contributed by atoms with Crippen LogP contribution >= 0.6 is 0 Å². The molecule has 0 saturated heterocycles. The maximum atomic E-state index is 9.00. The Morgan fingerprint density at radius 2 is 1.69 bits per heavy atom. The van der Waals surface area contributed by atoms with Crippen LogP contribution in [0, 0.1) is 22.7 Å². The molecule has 78 valence electrons. The molecule has 1 aromatic rings. The fourth-order valence-corrected chi connectivity index (χ4v) is 2.19. The molecule has 0 fully saturated rings. The number of benzene rings is 1. The molecular formula is C14H12N2. The van der Waals surface area contributed by atoms with Gasteiger partial charge in [0.15, 0.2) is 0 Å². The van der Waals surface area contributed by atoms with Crippen molar-refractivity contribution >= 4 is 0 Å². The van der Waals surface area contributed by atoms with Crippen LogP contribution in [0.2, 0.25) is 0 Å². The van der Waals surface area contributed by atoms with Crippen molar-refractivity contribution in [2.75, 3.05) is 0 Å². The molecule has 2 heteroatoms. The van der Waals surface area contributed by atoms with Crippen molar-refractivity contribution in [3.05, 3.63) is 47.0 Å². The predicted molar refractivity (Wildman–Crippen MR) is 61.3 cm³/mol. The predicted octanol–water partition coefficient (Wildman–Crippen LogP) is 3.30. The van der Waals surface area contributed by atoms with Crippen LogP contribution in [0.5, 0.6) is 0 Å². The second-order valence-corrected chi connectivity index (χ2v) is 4.03. The Morgan fingerprint density at radius 3 is 2.31 bits per heavy atom. The van der Waals surface area contributed by atoms with Gasteiger partial charge in [-0.2, -0.15) is 10.5 Å². The van der Waals surface area contributed by atoms with Gasteiger partial charge in [-0.05, 0) is 30.7 Å². The number of nitriles is 2. The number of allylic oxidation sites excluding steroid dienone is 2. The summed E-state index contributed by atoms with van der Waals surface area (Å²) in [6.07, 6.45) is 2.42. The Hall–Kier alpha value is -2.06. The van der Waals surface area contributed by atoms with E-state index in [1.54, 1.807) is 0 Å². The zero-order valence-electron chi connectivity index (χ0n) is 8.98. The number of hydrogen-bond acceptors (Lipinski definition) is 2. The van der Waals surface area contributed by atoms with Crippen molar-refractivity contribution in [2.24, 2.45) is 0 Å². The zero-order valence-corrected chi connectivity index (χ0v) is 8.98. The average Bonchev–Trinajstić information content (AvgIpc) is 2.39. The second kappa shape index (κ2) is 4.64. The Balaban J connectivity index is 2.24. The molecule has 1 unspecified atom stereocenters. The summed E-state index contributed by atoms with van der Waals surface area (Å²) in [4.78, 5) is 0. The Bertz CT molecular complexity index is 486. The smallest absolute Gasteiger partial charge is 0.0957 e. The van der Waals surface area contributed by atoms with E-state index in [1.807, 2.05) is 18.2 Å². The fourth-order valence-electron chi connectivity index (χ4n) is 2.19. The fraction of sp³-hybridized carbons (Fsp3) is 0.286. The Morgan fingerprint density at radius 1 is 1.00 bits per heavy atom. The van der Waals surface area contributed by atoms with Crippen molar-refractivity contribution in [3.63, 3.8) is 0 Å². The number of rotatable bonds is 1. The average molecular weight is 208 g/mol. The third-order valence-electron chi connectivity index (χ3n) is 3.10. The van der Waals surface area contributed by atoms with Gasteiger partial charge in [-0.3, -0.25) is 0 Å². The summed E-state index contributed by atoms with van der Waals surface area (Å²) >= 11 is 0. The molecule has 2 rings (SSSR count). The van der Waals surface area contributed by atoms with Gasteiger partial charge in [-0.15, -0.1) is 0 Å². The van der Waals surface area contributed by atoms with Crippen molar-refractivity contribution < 1.29 is 0 Å².